The van der Waals surface area contributed by atoms with Gasteiger partial charge in [0, 0.05) is 10.7 Å². The van der Waals surface area contributed by atoms with Crippen molar-refractivity contribution in [3.63, 3.8) is 0 Å². The quantitative estimate of drug-likeness (QED) is 0.385. The molecule has 1 fully saturated rings. The van der Waals surface area contributed by atoms with Crippen LogP contribution in [0.3, 0.4) is 0 Å². The first-order valence-electron chi connectivity index (χ1n) is 10.9. The number of halogens is 1. The fraction of sp³-hybridized carbons (Fsp3) is 0.148. The molecule has 3 aromatic carbocycles. The predicted octanol–water partition coefficient (Wildman–Crippen LogP) is 6.21. The van der Waals surface area contributed by atoms with E-state index >= 15 is 0 Å². The largest absolute Gasteiger partial charge is 0.484 e. The second-order valence-corrected chi connectivity index (χ2v) is 9.48. The number of rotatable bonds is 7. The summed E-state index contributed by atoms with van der Waals surface area (Å²) in [6.45, 7) is 3.98. The topological polar surface area (TPSA) is 75.7 Å². The Morgan fingerprint density at radius 3 is 2.54 bits per heavy atom. The Balaban J connectivity index is 1.35. The zero-order chi connectivity index (χ0) is 24.9. The number of amides is 3. The average Bonchev–Trinajstić information content (AvgIpc) is 3.09. The van der Waals surface area contributed by atoms with Crippen LogP contribution in [-0.4, -0.2) is 28.6 Å². The minimum atomic E-state index is -0.344. The molecule has 6 nitrogen and oxygen atoms in total. The van der Waals surface area contributed by atoms with E-state index in [-0.39, 0.29) is 30.2 Å². The van der Waals surface area contributed by atoms with Crippen LogP contribution in [0.15, 0.2) is 71.6 Å². The summed E-state index contributed by atoms with van der Waals surface area (Å²) >= 11 is 6.91. The Morgan fingerprint density at radius 2 is 1.80 bits per heavy atom. The molecule has 0 aliphatic carbocycles. The number of ether oxygens (including phenoxy) is 1. The lowest BCUT2D eigenvalue weighted by Crippen LogP contribution is -2.27. The van der Waals surface area contributed by atoms with Gasteiger partial charge in [-0.15, -0.1) is 0 Å². The molecule has 3 amide bonds. The molecule has 0 atom stereocenters. The summed E-state index contributed by atoms with van der Waals surface area (Å²) < 4.78 is 5.59. The maximum absolute atomic E-state index is 12.8. The van der Waals surface area contributed by atoms with Crippen LogP contribution in [0.1, 0.15) is 22.3 Å². The number of imide groups is 1. The van der Waals surface area contributed by atoms with Gasteiger partial charge < -0.3 is 10.1 Å². The lowest BCUT2D eigenvalue weighted by Gasteiger charge is -2.12. The SMILES string of the molecule is Cc1cccc(NC(=O)COc2ccc(/C=C3\SC(=O)N(Cc4cccc(Cl)c4)C3=O)cc2)c1C. The molecule has 1 saturated heterocycles. The van der Waals surface area contributed by atoms with Gasteiger partial charge in [0.15, 0.2) is 6.61 Å². The molecule has 1 aliphatic rings. The second kappa shape index (κ2) is 10.8. The molecule has 0 spiro atoms. The number of benzene rings is 3. The molecule has 0 radical (unpaired) electrons. The Labute approximate surface area is 212 Å². The first-order valence-corrected chi connectivity index (χ1v) is 12.1. The third-order valence-corrected chi connectivity index (χ3v) is 6.67. The Kier molecular flexibility index (Phi) is 7.58. The zero-order valence-corrected chi connectivity index (χ0v) is 20.8. The van der Waals surface area contributed by atoms with E-state index < -0.39 is 0 Å². The Bertz CT molecular complexity index is 1320. The zero-order valence-electron chi connectivity index (χ0n) is 19.2. The molecule has 35 heavy (non-hydrogen) atoms. The van der Waals surface area contributed by atoms with Gasteiger partial charge in [0.05, 0.1) is 11.4 Å². The highest BCUT2D eigenvalue weighted by Crippen LogP contribution is 2.33. The number of hydrogen-bond donors (Lipinski definition) is 1. The van der Waals surface area contributed by atoms with Crippen molar-refractivity contribution in [2.75, 3.05) is 11.9 Å². The number of hydrogen-bond acceptors (Lipinski definition) is 5. The highest BCUT2D eigenvalue weighted by Gasteiger charge is 2.35. The predicted molar refractivity (Wildman–Crippen MR) is 139 cm³/mol. The molecule has 178 valence electrons. The minimum absolute atomic E-state index is 0.130. The highest BCUT2D eigenvalue weighted by atomic mass is 35.5. The van der Waals surface area contributed by atoms with Crippen molar-refractivity contribution in [1.82, 2.24) is 4.90 Å². The van der Waals surface area contributed by atoms with Gasteiger partial charge in [-0.25, -0.2) is 0 Å². The summed E-state index contributed by atoms with van der Waals surface area (Å²) in [5.41, 5.74) is 4.40. The van der Waals surface area contributed by atoms with Crippen LogP contribution >= 0.6 is 23.4 Å². The van der Waals surface area contributed by atoms with Gasteiger partial charge in [0.2, 0.25) is 0 Å². The summed E-state index contributed by atoms with van der Waals surface area (Å²) in [4.78, 5) is 39.0. The van der Waals surface area contributed by atoms with E-state index in [1.807, 2.05) is 38.1 Å². The van der Waals surface area contributed by atoms with Crippen molar-refractivity contribution in [3.8, 4) is 5.75 Å². The molecule has 1 aliphatic heterocycles. The number of anilines is 1. The molecule has 8 heteroatoms. The third-order valence-electron chi connectivity index (χ3n) is 5.53. The molecule has 0 unspecified atom stereocenters. The Morgan fingerprint density at radius 1 is 1.06 bits per heavy atom. The van der Waals surface area contributed by atoms with Crippen molar-refractivity contribution in [2.24, 2.45) is 0 Å². The number of aryl methyl sites for hydroxylation is 1. The first kappa shape index (κ1) is 24.6. The normalized spacial score (nSPS) is 14.5. The van der Waals surface area contributed by atoms with Gasteiger partial charge in [-0.2, -0.15) is 0 Å². The van der Waals surface area contributed by atoms with E-state index in [1.54, 1.807) is 48.5 Å². The molecule has 1 heterocycles. The van der Waals surface area contributed by atoms with E-state index in [2.05, 4.69) is 5.32 Å². The van der Waals surface area contributed by atoms with Crippen LogP contribution in [0.25, 0.3) is 6.08 Å². The van der Waals surface area contributed by atoms with Crippen LogP contribution < -0.4 is 10.1 Å². The second-order valence-electron chi connectivity index (χ2n) is 8.05. The fourth-order valence-electron chi connectivity index (χ4n) is 3.49. The maximum Gasteiger partial charge on any atom is 0.293 e. The lowest BCUT2D eigenvalue weighted by atomic mass is 10.1. The minimum Gasteiger partial charge on any atom is -0.484 e. The third kappa shape index (κ3) is 6.12. The van der Waals surface area contributed by atoms with E-state index in [4.69, 9.17) is 16.3 Å². The number of carbonyl (C=O) groups is 3. The van der Waals surface area contributed by atoms with Gasteiger partial charge in [-0.3, -0.25) is 19.3 Å². The van der Waals surface area contributed by atoms with Crippen LogP contribution in [0.2, 0.25) is 5.02 Å². The summed E-state index contributed by atoms with van der Waals surface area (Å²) in [6.07, 6.45) is 1.67. The van der Waals surface area contributed by atoms with Gasteiger partial charge in [-0.05, 0) is 84.3 Å². The van der Waals surface area contributed by atoms with Crippen molar-refractivity contribution >= 4 is 52.2 Å². The molecule has 3 aromatic rings. The molecular formula is C27H23ClN2O4S. The first-order chi connectivity index (χ1) is 16.8. The van der Waals surface area contributed by atoms with Crippen molar-refractivity contribution in [2.45, 2.75) is 20.4 Å². The van der Waals surface area contributed by atoms with Crippen LogP contribution in [0.4, 0.5) is 10.5 Å². The number of carbonyl (C=O) groups excluding carboxylic acids is 3. The fourth-order valence-corrected chi connectivity index (χ4v) is 4.54. The summed E-state index contributed by atoms with van der Waals surface area (Å²) in [6, 6.07) is 19.8. The average molecular weight is 507 g/mol. The van der Waals surface area contributed by atoms with Crippen molar-refractivity contribution in [3.05, 3.63) is 98.9 Å². The summed E-state index contributed by atoms with van der Waals surface area (Å²) in [5, 5.41) is 3.08. The summed E-state index contributed by atoms with van der Waals surface area (Å²) in [7, 11) is 0. The van der Waals surface area contributed by atoms with E-state index in [0.29, 0.717) is 15.7 Å². The monoisotopic (exact) mass is 506 g/mol. The molecule has 0 aromatic heterocycles. The maximum atomic E-state index is 12.8. The van der Waals surface area contributed by atoms with Crippen LogP contribution in [-0.2, 0) is 16.1 Å². The van der Waals surface area contributed by atoms with Gasteiger partial charge in [0.25, 0.3) is 17.1 Å². The number of nitrogens with one attached hydrogen (secondary N) is 1. The summed E-state index contributed by atoms with van der Waals surface area (Å²) in [5.74, 6) is -0.0769. The standard InChI is InChI=1S/C27H23ClN2O4S/c1-17-5-3-8-23(18(17)2)29-25(31)16-34-22-11-9-19(10-12-22)14-24-26(32)30(27(33)35-24)15-20-6-4-7-21(28)13-20/h3-14H,15-16H2,1-2H3,(H,29,31)/b24-14-. The van der Waals surface area contributed by atoms with Crippen molar-refractivity contribution < 1.29 is 19.1 Å². The molecule has 0 saturated carbocycles. The van der Waals surface area contributed by atoms with Gasteiger partial charge in [-0.1, -0.05) is 48.0 Å². The highest BCUT2D eigenvalue weighted by molar-refractivity contribution is 8.18. The van der Waals surface area contributed by atoms with Gasteiger partial charge in [0.1, 0.15) is 5.75 Å². The van der Waals surface area contributed by atoms with Gasteiger partial charge >= 0.3 is 0 Å². The molecule has 1 N–H and O–H groups in total. The van der Waals surface area contributed by atoms with Crippen LogP contribution in [0, 0.1) is 13.8 Å². The molecule has 4 rings (SSSR count). The van der Waals surface area contributed by atoms with E-state index in [1.165, 1.54) is 4.90 Å². The number of nitrogens with zero attached hydrogens (tertiary/aromatic N) is 1. The van der Waals surface area contributed by atoms with E-state index in [0.717, 1.165) is 39.7 Å². The molecule has 0 bridgehead atoms. The smallest absolute Gasteiger partial charge is 0.293 e. The Hall–Kier alpha value is -3.55. The number of thioether (sulfide) groups is 1. The lowest BCUT2D eigenvalue weighted by molar-refractivity contribution is -0.123. The van der Waals surface area contributed by atoms with Crippen LogP contribution in [0.5, 0.6) is 5.75 Å². The van der Waals surface area contributed by atoms with E-state index in [9.17, 15) is 14.4 Å². The molecular weight excluding hydrogens is 484 g/mol. The van der Waals surface area contributed by atoms with Crippen molar-refractivity contribution in [1.29, 1.82) is 0 Å².